The largest absolute Gasteiger partial charge is 0.329 e. The second kappa shape index (κ2) is 9.36. The molecule has 1 unspecified atom stereocenters. The van der Waals surface area contributed by atoms with Gasteiger partial charge in [0.15, 0.2) is 5.16 Å². The number of carbonyl (C=O) groups is 1. The van der Waals surface area contributed by atoms with Crippen LogP contribution in [-0.2, 0) is 11.8 Å². The van der Waals surface area contributed by atoms with Crippen molar-refractivity contribution in [2.75, 3.05) is 23.4 Å². The van der Waals surface area contributed by atoms with Gasteiger partial charge in [-0.15, -0.1) is 12.4 Å². The maximum absolute atomic E-state index is 12.1. The summed E-state index contributed by atoms with van der Waals surface area (Å²) in [6.07, 6.45) is 4.24. The molecule has 1 aromatic carbocycles. The van der Waals surface area contributed by atoms with E-state index >= 15 is 0 Å². The third kappa shape index (κ3) is 5.44. The Kier molecular flexibility index (Phi) is 7.48. The fourth-order valence-corrected chi connectivity index (χ4v) is 4.10. The standard InChI is InChI=1S/C16H20N4OS2.ClH/c1-20-8-6-18-16(20)23-14-4-2-12(3-5-14)19-15(21)10-13-11-22-9-7-17-13;/h2-6,8,13,17H,7,9-11H2,1H3,(H,19,21);1H. The number of nitrogens with zero attached hydrogens (tertiary/aromatic N) is 2. The number of halogens is 1. The molecule has 130 valence electrons. The van der Waals surface area contributed by atoms with E-state index in [9.17, 15) is 4.79 Å². The van der Waals surface area contributed by atoms with Crippen molar-refractivity contribution in [3.63, 3.8) is 0 Å². The number of aromatic nitrogens is 2. The molecule has 0 spiro atoms. The highest BCUT2D eigenvalue weighted by Crippen LogP contribution is 2.26. The van der Waals surface area contributed by atoms with Crippen LogP contribution < -0.4 is 10.6 Å². The zero-order valence-electron chi connectivity index (χ0n) is 13.4. The average Bonchev–Trinajstić information content (AvgIpc) is 2.95. The Morgan fingerprint density at radius 2 is 2.25 bits per heavy atom. The van der Waals surface area contributed by atoms with E-state index in [0.29, 0.717) is 6.42 Å². The van der Waals surface area contributed by atoms with Crippen molar-refractivity contribution in [1.29, 1.82) is 0 Å². The molecule has 1 aliphatic heterocycles. The first-order valence-electron chi connectivity index (χ1n) is 7.57. The summed E-state index contributed by atoms with van der Waals surface area (Å²) in [6.45, 7) is 0.988. The summed E-state index contributed by atoms with van der Waals surface area (Å²) in [7, 11) is 1.97. The van der Waals surface area contributed by atoms with Crippen molar-refractivity contribution in [3.05, 3.63) is 36.7 Å². The molecule has 0 saturated carbocycles. The maximum atomic E-state index is 12.1. The highest BCUT2D eigenvalue weighted by molar-refractivity contribution is 7.99. The number of anilines is 1. The predicted octanol–water partition coefficient (Wildman–Crippen LogP) is 3.03. The Balaban J connectivity index is 0.00000208. The summed E-state index contributed by atoms with van der Waals surface area (Å²) < 4.78 is 1.98. The molecule has 0 radical (unpaired) electrons. The van der Waals surface area contributed by atoms with Crippen molar-refractivity contribution < 1.29 is 4.79 Å². The fraction of sp³-hybridized carbons (Fsp3) is 0.375. The lowest BCUT2D eigenvalue weighted by Crippen LogP contribution is -2.39. The molecule has 2 N–H and O–H groups in total. The SMILES string of the molecule is Cl.Cn1ccnc1Sc1ccc(NC(=O)CC2CSCCN2)cc1. The first-order valence-corrected chi connectivity index (χ1v) is 9.54. The molecule has 1 amide bonds. The Bertz CT molecular complexity index is 656. The molecule has 1 aromatic heterocycles. The minimum Gasteiger partial charge on any atom is -0.329 e. The molecule has 5 nitrogen and oxygen atoms in total. The number of hydrogen-bond acceptors (Lipinski definition) is 5. The normalized spacial score (nSPS) is 17.1. The second-order valence-corrected chi connectivity index (χ2v) is 7.62. The van der Waals surface area contributed by atoms with Crippen molar-refractivity contribution in [2.45, 2.75) is 22.5 Å². The molecule has 24 heavy (non-hydrogen) atoms. The summed E-state index contributed by atoms with van der Waals surface area (Å²) in [5.74, 6) is 2.20. The topological polar surface area (TPSA) is 59.0 Å². The monoisotopic (exact) mass is 384 g/mol. The van der Waals surface area contributed by atoms with Gasteiger partial charge in [-0.1, -0.05) is 11.8 Å². The lowest BCUT2D eigenvalue weighted by atomic mass is 10.2. The van der Waals surface area contributed by atoms with Gasteiger partial charge in [0.05, 0.1) is 0 Å². The summed E-state index contributed by atoms with van der Waals surface area (Å²) in [5.41, 5.74) is 0.836. The van der Waals surface area contributed by atoms with E-state index in [0.717, 1.165) is 33.8 Å². The van der Waals surface area contributed by atoms with Crippen LogP contribution in [0.5, 0.6) is 0 Å². The third-order valence-corrected chi connectivity index (χ3v) is 5.77. The van der Waals surface area contributed by atoms with E-state index in [2.05, 4.69) is 15.6 Å². The molecule has 2 heterocycles. The van der Waals surface area contributed by atoms with Gasteiger partial charge in [0, 0.05) is 60.5 Å². The second-order valence-electron chi connectivity index (χ2n) is 5.43. The molecule has 8 heteroatoms. The van der Waals surface area contributed by atoms with Crippen LogP contribution in [0.25, 0.3) is 0 Å². The van der Waals surface area contributed by atoms with Crippen LogP contribution in [0.15, 0.2) is 46.7 Å². The maximum Gasteiger partial charge on any atom is 0.225 e. The number of amides is 1. The zero-order chi connectivity index (χ0) is 16.1. The minimum atomic E-state index is 0. The first-order chi connectivity index (χ1) is 11.2. The number of aryl methyl sites for hydroxylation is 1. The van der Waals surface area contributed by atoms with Crippen molar-refractivity contribution >= 4 is 47.5 Å². The highest BCUT2D eigenvalue weighted by Gasteiger charge is 2.16. The van der Waals surface area contributed by atoms with Gasteiger partial charge in [-0.05, 0) is 24.3 Å². The smallest absolute Gasteiger partial charge is 0.225 e. The minimum absolute atomic E-state index is 0. The van der Waals surface area contributed by atoms with Crippen LogP contribution in [0.1, 0.15) is 6.42 Å². The number of rotatable bonds is 5. The average molecular weight is 385 g/mol. The third-order valence-electron chi connectivity index (χ3n) is 3.55. The molecule has 0 bridgehead atoms. The molecule has 2 aromatic rings. The van der Waals surface area contributed by atoms with Gasteiger partial charge < -0.3 is 15.2 Å². The van der Waals surface area contributed by atoms with E-state index in [1.807, 2.05) is 53.8 Å². The highest BCUT2D eigenvalue weighted by atomic mass is 35.5. The molecular weight excluding hydrogens is 364 g/mol. The number of thioether (sulfide) groups is 1. The van der Waals surface area contributed by atoms with Crippen molar-refractivity contribution in [1.82, 2.24) is 14.9 Å². The van der Waals surface area contributed by atoms with Gasteiger partial charge in [-0.2, -0.15) is 11.8 Å². The molecule has 1 atom stereocenters. The lowest BCUT2D eigenvalue weighted by Gasteiger charge is -2.22. The van der Waals surface area contributed by atoms with E-state index < -0.39 is 0 Å². The van der Waals surface area contributed by atoms with Crippen LogP contribution in [0, 0.1) is 0 Å². The zero-order valence-corrected chi connectivity index (χ0v) is 15.8. The van der Waals surface area contributed by atoms with Gasteiger partial charge in [0.25, 0.3) is 0 Å². The van der Waals surface area contributed by atoms with Crippen molar-refractivity contribution in [3.8, 4) is 0 Å². The summed E-state index contributed by atoms with van der Waals surface area (Å²) in [5, 5.41) is 7.30. The van der Waals surface area contributed by atoms with Crippen LogP contribution in [0.2, 0.25) is 0 Å². The van der Waals surface area contributed by atoms with Gasteiger partial charge in [0.1, 0.15) is 0 Å². The van der Waals surface area contributed by atoms with Crippen LogP contribution >= 0.6 is 35.9 Å². The number of imidazole rings is 1. The molecular formula is C16H21ClN4OS2. The van der Waals surface area contributed by atoms with Crippen LogP contribution in [0.3, 0.4) is 0 Å². The van der Waals surface area contributed by atoms with Crippen LogP contribution in [0.4, 0.5) is 5.69 Å². The van der Waals surface area contributed by atoms with E-state index in [1.165, 1.54) is 0 Å². The fourth-order valence-electron chi connectivity index (χ4n) is 2.35. The number of nitrogens with one attached hydrogen (secondary N) is 2. The Labute approximate surface area is 156 Å². The molecule has 0 aliphatic carbocycles. The quantitative estimate of drug-likeness (QED) is 0.829. The van der Waals surface area contributed by atoms with E-state index in [-0.39, 0.29) is 24.4 Å². The van der Waals surface area contributed by atoms with E-state index in [4.69, 9.17) is 0 Å². The van der Waals surface area contributed by atoms with Gasteiger partial charge >= 0.3 is 0 Å². The summed E-state index contributed by atoms with van der Waals surface area (Å²) in [4.78, 5) is 17.5. The molecule has 3 rings (SSSR count). The van der Waals surface area contributed by atoms with E-state index in [1.54, 1.807) is 18.0 Å². The Morgan fingerprint density at radius 3 is 2.88 bits per heavy atom. The summed E-state index contributed by atoms with van der Waals surface area (Å²) >= 11 is 3.51. The number of hydrogen-bond donors (Lipinski definition) is 2. The first kappa shape index (κ1) is 19.2. The Hall–Kier alpha value is -1.15. The van der Waals surface area contributed by atoms with Gasteiger partial charge in [-0.25, -0.2) is 4.98 Å². The molecule has 1 aliphatic rings. The lowest BCUT2D eigenvalue weighted by molar-refractivity contribution is -0.116. The van der Waals surface area contributed by atoms with Gasteiger partial charge in [0.2, 0.25) is 5.91 Å². The predicted molar refractivity (Wildman–Crippen MR) is 103 cm³/mol. The van der Waals surface area contributed by atoms with Crippen LogP contribution in [-0.4, -0.2) is 39.6 Å². The van der Waals surface area contributed by atoms with Gasteiger partial charge in [-0.3, -0.25) is 4.79 Å². The molecule has 1 saturated heterocycles. The summed E-state index contributed by atoms with van der Waals surface area (Å²) in [6, 6.07) is 8.16. The number of carbonyl (C=O) groups excluding carboxylic acids is 1. The Morgan fingerprint density at radius 1 is 1.46 bits per heavy atom. The number of benzene rings is 1. The molecule has 1 fully saturated rings. The van der Waals surface area contributed by atoms with Crippen molar-refractivity contribution in [2.24, 2.45) is 7.05 Å².